The first-order chi connectivity index (χ1) is 10.3. The third-order valence-corrected chi connectivity index (χ3v) is 3.48. The highest BCUT2D eigenvalue weighted by atomic mass is 35.5. The van der Waals surface area contributed by atoms with E-state index in [-0.39, 0.29) is 5.28 Å². The molecule has 2 aromatic rings. The number of aromatic nitrogens is 2. The molecule has 0 fully saturated rings. The second-order valence-electron chi connectivity index (χ2n) is 4.68. The van der Waals surface area contributed by atoms with Crippen molar-refractivity contribution in [1.82, 2.24) is 9.97 Å². The molecule has 102 valence electrons. The molecule has 1 aromatic heterocycles. The fraction of sp³-hybridized carbons (Fsp3) is 0.118. The highest BCUT2D eigenvalue weighted by molar-refractivity contribution is 6.28. The summed E-state index contributed by atoms with van der Waals surface area (Å²) in [5.41, 5.74) is 3.43. The van der Waals surface area contributed by atoms with Crippen molar-refractivity contribution in [3.8, 4) is 17.3 Å². The van der Waals surface area contributed by atoms with Crippen molar-refractivity contribution in [3.05, 3.63) is 65.1 Å². The van der Waals surface area contributed by atoms with Gasteiger partial charge in [0.2, 0.25) is 5.28 Å². The van der Waals surface area contributed by atoms with E-state index in [9.17, 15) is 5.26 Å². The van der Waals surface area contributed by atoms with Crippen LogP contribution in [0, 0.1) is 11.3 Å². The summed E-state index contributed by atoms with van der Waals surface area (Å²) in [4.78, 5) is 8.52. The number of rotatable bonds is 2. The lowest BCUT2D eigenvalue weighted by molar-refractivity contribution is 1.03. The minimum atomic E-state index is 0.155. The van der Waals surface area contributed by atoms with Crippen molar-refractivity contribution in [2.24, 2.45) is 0 Å². The Kier molecular flexibility index (Phi) is 3.81. The summed E-state index contributed by atoms with van der Waals surface area (Å²) < 4.78 is 0. The van der Waals surface area contributed by atoms with Gasteiger partial charge in [-0.15, -0.1) is 0 Å². The van der Waals surface area contributed by atoms with E-state index >= 15 is 0 Å². The number of halogens is 1. The van der Waals surface area contributed by atoms with Crippen LogP contribution in [0.1, 0.15) is 24.1 Å². The van der Waals surface area contributed by atoms with Gasteiger partial charge >= 0.3 is 0 Å². The highest BCUT2D eigenvalue weighted by Gasteiger charge is 2.17. The van der Waals surface area contributed by atoms with Crippen LogP contribution in [0.25, 0.3) is 16.8 Å². The van der Waals surface area contributed by atoms with Gasteiger partial charge in [0, 0.05) is 5.56 Å². The van der Waals surface area contributed by atoms with Crippen molar-refractivity contribution < 1.29 is 0 Å². The molecule has 0 saturated carbocycles. The Morgan fingerprint density at radius 2 is 1.81 bits per heavy atom. The van der Waals surface area contributed by atoms with E-state index in [1.807, 2.05) is 36.4 Å². The smallest absolute Gasteiger partial charge is 0.216 e. The molecule has 0 bridgehead atoms. The molecule has 0 atom stereocenters. The van der Waals surface area contributed by atoms with E-state index < -0.39 is 0 Å². The third kappa shape index (κ3) is 2.72. The number of hydrogen-bond acceptors (Lipinski definition) is 3. The van der Waals surface area contributed by atoms with Gasteiger partial charge in [0.05, 0.1) is 11.4 Å². The Morgan fingerprint density at radius 1 is 1.05 bits per heavy atom. The van der Waals surface area contributed by atoms with Gasteiger partial charge in [0.1, 0.15) is 11.6 Å². The molecule has 3 nitrogen and oxygen atoms in total. The van der Waals surface area contributed by atoms with E-state index in [0.29, 0.717) is 17.0 Å². The summed E-state index contributed by atoms with van der Waals surface area (Å²) in [6.07, 6.45) is 8.09. The van der Waals surface area contributed by atoms with Crippen LogP contribution in [-0.2, 0) is 0 Å². The Bertz CT molecular complexity index is 771. The number of benzene rings is 1. The minimum absolute atomic E-state index is 0.155. The molecular formula is C17H12ClN3. The number of allylic oxidation sites excluding steroid dienone is 4. The largest absolute Gasteiger partial charge is 0.223 e. The van der Waals surface area contributed by atoms with E-state index in [4.69, 9.17) is 11.6 Å². The van der Waals surface area contributed by atoms with Crippen LogP contribution in [-0.4, -0.2) is 9.97 Å². The zero-order valence-electron chi connectivity index (χ0n) is 11.3. The van der Waals surface area contributed by atoms with Crippen LogP contribution in [0.15, 0.2) is 48.6 Å². The molecular weight excluding hydrogens is 282 g/mol. The second-order valence-corrected chi connectivity index (χ2v) is 5.02. The maximum Gasteiger partial charge on any atom is 0.223 e. The molecule has 21 heavy (non-hydrogen) atoms. The number of nitriles is 1. The average molecular weight is 294 g/mol. The van der Waals surface area contributed by atoms with Gasteiger partial charge in [-0.05, 0) is 30.0 Å². The Hall–Kier alpha value is -2.44. The Balaban J connectivity index is 2.23. The molecule has 1 heterocycles. The summed E-state index contributed by atoms with van der Waals surface area (Å²) in [6, 6.07) is 11.8. The third-order valence-electron chi connectivity index (χ3n) is 3.31. The lowest BCUT2D eigenvalue weighted by Gasteiger charge is -2.11. The van der Waals surface area contributed by atoms with Crippen molar-refractivity contribution in [1.29, 1.82) is 5.26 Å². The molecule has 0 aliphatic heterocycles. The van der Waals surface area contributed by atoms with Gasteiger partial charge in [-0.1, -0.05) is 48.6 Å². The van der Waals surface area contributed by atoms with Crippen LogP contribution in [0.4, 0.5) is 0 Å². The highest BCUT2D eigenvalue weighted by Crippen LogP contribution is 2.30. The SMILES string of the molecule is N#Cc1c(C2=CCCC=C2)nc(Cl)nc1-c1ccccc1. The van der Waals surface area contributed by atoms with Crippen LogP contribution in [0.3, 0.4) is 0 Å². The van der Waals surface area contributed by atoms with E-state index in [2.05, 4.69) is 28.2 Å². The fourth-order valence-electron chi connectivity index (χ4n) is 2.34. The number of nitrogens with zero attached hydrogens (tertiary/aromatic N) is 3. The van der Waals surface area contributed by atoms with Gasteiger partial charge in [-0.2, -0.15) is 5.26 Å². The summed E-state index contributed by atoms with van der Waals surface area (Å²) in [5, 5.41) is 9.71. The predicted octanol–water partition coefficient (Wildman–Crippen LogP) is 4.40. The zero-order valence-corrected chi connectivity index (χ0v) is 12.0. The first-order valence-corrected chi connectivity index (χ1v) is 7.07. The van der Waals surface area contributed by atoms with Crippen LogP contribution >= 0.6 is 11.6 Å². The fourth-order valence-corrected chi connectivity index (χ4v) is 2.51. The topological polar surface area (TPSA) is 49.6 Å². The van der Waals surface area contributed by atoms with Gasteiger partial charge in [-0.25, -0.2) is 9.97 Å². The van der Waals surface area contributed by atoms with Crippen LogP contribution in [0.2, 0.25) is 5.28 Å². The average Bonchev–Trinajstić information content (AvgIpc) is 2.55. The molecule has 0 unspecified atom stereocenters. The lowest BCUT2D eigenvalue weighted by Crippen LogP contribution is -2.01. The van der Waals surface area contributed by atoms with Gasteiger partial charge in [0.25, 0.3) is 0 Å². The van der Waals surface area contributed by atoms with Crippen molar-refractivity contribution in [2.45, 2.75) is 12.8 Å². The maximum atomic E-state index is 9.56. The summed E-state index contributed by atoms with van der Waals surface area (Å²) >= 11 is 6.07. The minimum Gasteiger partial charge on any atom is -0.216 e. The summed E-state index contributed by atoms with van der Waals surface area (Å²) in [5.74, 6) is 0. The van der Waals surface area contributed by atoms with Crippen molar-refractivity contribution in [2.75, 3.05) is 0 Å². The Labute approximate surface area is 128 Å². The molecule has 3 rings (SSSR count). The van der Waals surface area contributed by atoms with Gasteiger partial charge in [-0.3, -0.25) is 0 Å². The normalized spacial score (nSPS) is 13.6. The number of hydrogen-bond donors (Lipinski definition) is 0. The second kappa shape index (κ2) is 5.90. The molecule has 0 spiro atoms. The Morgan fingerprint density at radius 3 is 2.48 bits per heavy atom. The molecule has 0 radical (unpaired) electrons. The molecule has 4 heteroatoms. The van der Waals surface area contributed by atoms with Crippen LogP contribution in [0.5, 0.6) is 0 Å². The molecule has 0 amide bonds. The van der Waals surface area contributed by atoms with Crippen molar-refractivity contribution >= 4 is 17.2 Å². The molecule has 1 aromatic carbocycles. The molecule has 1 aliphatic rings. The molecule has 1 aliphatic carbocycles. The maximum absolute atomic E-state index is 9.56. The predicted molar refractivity (Wildman–Crippen MR) is 83.5 cm³/mol. The van der Waals surface area contributed by atoms with Crippen LogP contribution < -0.4 is 0 Å². The van der Waals surface area contributed by atoms with E-state index in [1.165, 1.54) is 0 Å². The standard InChI is InChI=1S/C17H12ClN3/c18-17-20-15(12-7-3-1-4-8-12)14(11-19)16(21-17)13-9-5-2-6-10-13/h1,3-5,7-10H,2,6H2. The van der Waals surface area contributed by atoms with Gasteiger partial charge < -0.3 is 0 Å². The monoisotopic (exact) mass is 293 g/mol. The molecule has 0 N–H and O–H groups in total. The van der Waals surface area contributed by atoms with Crippen molar-refractivity contribution in [3.63, 3.8) is 0 Å². The summed E-state index contributed by atoms with van der Waals surface area (Å²) in [6.45, 7) is 0. The zero-order chi connectivity index (χ0) is 14.7. The first-order valence-electron chi connectivity index (χ1n) is 6.69. The van der Waals surface area contributed by atoms with E-state index in [0.717, 1.165) is 24.0 Å². The lowest BCUT2D eigenvalue weighted by atomic mass is 9.98. The molecule has 0 saturated heterocycles. The van der Waals surface area contributed by atoms with E-state index in [1.54, 1.807) is 0 Å². The first kappa shape index (κ1) is 13.5. The quantitative estimate of drug-likeness (QED) is 0.771. The van der Waals surface area contributed by atoms with Gasteiger partial charge in [0.15, 0.2) is 0 Å². The summed E-state index contributed by atoms with van der Waals surface area (Å²) in [7, 11) is 0.